The minimum atomic E-state index is -2.54. The molecule has 1 fully saturated rings. The summed E-state index contributed by atoms with van der Waals surface area (Å²) >= 11 is 0. The van der Waals surface area contributed by atoms with Crippen LogP contribution in [0.4, 0.5) is 0 Å². The van der Waals surface area contributed by atoms with Crippen LogP contribution in [-0.2, 0) is 33.6 Å². The number of nitrogens with two attached hydrogens (primary N) is 1. The predicted octanol–water partition coefficient (Wildman–Crippen LogP) is 2.60. The molecule has 0 radical (unpaired) electrons. The van der Waals surface area contributed by atoms with E-state index in [-0.39, 0.29) is 29.7 Å². The molecule has 3 aliphatic carbocycles. The molecule has 186 valence electrons. The molecule has 0 spiro atoms. The van der Waals surface area contributed by atoms with Gasteiger partial charge in [0.05, 0.1) is 5.56 Å². The fourth-order valence-electron chi connectivity index (χ4n) is 6.05. The van der Waals surface area contributed by atoms with Crippen molar-refractivity contribution in [2.24, 2.45) is 17.6 Å². The molecule has 36 heavy (non-hydrogen) atoms. The van der Waals surface area contributed by atoms with E-state index in [1.54, 1.807) is 0 Å². The first kappa shape index (κ1) is 23.8. The van der Waals surface area contributed by atoms with Gasteiger partial charge in [-0.2, -0.15) is 0 Å². The summed E-state index contributed by atoms with van der Waals surface area (Å²) in [6, 6.07) is 13.3. The first-order valence-electron chi connectivity index (χ1n) is 12.0. The van der Waals surface area contributed by atoms with Crippen LogP contribution in [0.15, 0.2) is 59.4 Å². The molecule has 5 rings (SSSR count). The van der Waals surface area contributed by atoms with E-state index < -0.39 is 52.0 Å². The first-order valence-corrected chi connectivity index (χ1v) is 12.0. The number of primary amides is 1. The lowest BCUT2D eigenvalue weighted by atomic mass is 9.59. The number of hydrogen-bond acceptors (Lipinski definition) is 7. The Balaban J connectivity index is 1.53. The summed E-state index contributed by atoms with van der Waals surface area (Å²) in [4.78, 5) is 37.7. The van der Waals surface area contributed by atoms with Crippen LogP contribution in [0.3, 0.4) is 0 Å². The number of phenols is 1. The van der Waals surface area contributed by atoms with E-state index in [2.05, 4.69) is 12.1 Å². The fraction of sp³-hybridized carbons (Fsp3) is 0.321. The van der Waals surface area contributed by atoms with E-state index in [9.17, 15) is 34.8 Å². The molecule has 2 aromatic rings. The molecule has 8 nitrogen and oxygen atoms in total. The van der Waals surface area contributed by atoms with Crippen LogP contribution in [0, 0.1) is 11.8 Å². The lowest BCUT2D eigenvalue weighted by molar-refractivity contribution is -0.147. The SMILES string of the molecule is NC(=O)C1=C(O)C2(O)C(=O)C3=C(O)c4c(O)ccc(CCCc5ccccc5)c4CC3CC2CC1=O. The Kier molecular flexibility index (Phi) is 5.71. The molecular formula is C28H27NO7. The maximum absolute atomic E-state index is 13.5. The van der Waals surface area contributed by atoms with Crippen molar-refractivity contribution in [3.63, 3.8) is 0 Å². The molecule has 0 heterocycles. The van der Waals surface area contributed by atoms with Crippen LogP contribution in [-0.4, -0.2) is 43.5 Å². The van der Waals surface area contributed by atoms with Crippen LogP contribution >= 0.6 is 0 Å². The van der Waals surface area contributed by atoms with E-state index in [1.807, 2.05) is 24.3 Å². The molecule has 3 aliphatic rings. The van der Waals surface area contributed by atoms with Gasteiger partial charge in [0.25, 0.3) is 5.91 Å². The van der Waals surface area contributed by atoms with Crippen molar-refractivity contribution in [1.82, 2.24) is 0 Å². The van der Waals surface area contributed by atoms with Gasteiger partial charge in [0.1, 0.15) is 22.8 Å². The zero-order chi connectivity index (χ0) is 25.8. The van der Waals surface area contributed by atoms with Gasteiger partial charge in [-0.15, -0.1) is 0 Å². The summed E-state index contributed by atoms with van der Waals surface area (Å²) in [6.45, 7) is 0. The number of ketones is 2. The number of aryl methyl sites for hydroxylation is 2. The van der Waals surface area contributed by atoms with E-state index >= 15 is 0 Å². The van der Waals surface area contributed by atoms with Gasteiger partial charge < -0.3 is 26.2 Å². The van der Waals surface area contributed by atoms with Crippen LogP contribution in [0.1, 0.15) is 41.5 Å². The van der Waals surface area contributed by atoms with E-state index in [1.165, 1.54) is 11.6 Å². The molecule has 3 unspecified atom stereocenters. The fourth-order valence-corrected chi connectivity index (χ4v) is 6.05. The Hall–Kier alpha value is -3.91. The molecule has 0 saturated heterocycles. The largest absolute Gasteiger partial charge is 0.508 e. The van der Waals surface area contributed by atoms with Crippen molar-refractivity contribution in [3.8, 4) is 5.75 Å². The number of aliphatic hydroxyl groups excluding tert-OH is 2. The third kappa shape index (κ3) is 3.52. The number of carbonyl (C=O) groups is 3. The summed E-state index contributed by atoms with van der Waals surface area (Å²) in [7, 11) is 0. The smallest absolute Gasteiger partial charge is 0.255 e. The van der Waals surface area contributed by atoms with Crippen molar-refractivity contribution < 1.29 is 34.8 Å². The molecule has 0 aliphatic heterocycles. The molecule has 0 bridgehead atoms. The Bertz CT molecular complexity index is 1360. The van der Waals surface area contributed by atoms with Gasteiger partial charge in [-0.05, 0) is 60.8 Å². The van der Waals surface area contributed by atoms with Crippen molar-refractivity contribution in [3.05, 3.63) is 81.6 Å². The molecule has 3 atom stereocenters. The number of hydrogen-bond donors (Lipinski definition) is 5. The normalized spacial score (nSPS) is 25.4. The van der Waals surface area contributed by atoms with Gasteiger partial charge in [-0.25, -0.2) is 0 Å². The maximum atomic E-state index is 13.5. The molecule has 8 heteroatoms. The summed E-state index contributed by atoms with van der Waals surface area (Å²) in [5.74, 6) is -6.15. The van der Waals surface area contributed by atoms with Gasteiger partial charge in [-0.3, -0.25) is 14.4 Å². The zero-order valence-corrected chi connectivity index (χ0v) is 19.5. The monoisotopic (exact) mass is 489 g/mol. The number of aromatic hydroxyl groups is 1. The average Bonchev–Trinajstić information content (AvgIpc) is 2.83. The summed E-state index contributed by atoms with van der Waals surface area (Å²) in [6.07, 6.45) is 2.51. The summed E-state index contributed by atoms with van der Waals surface area (Å²) < 4.78 is 0. The zero-order valence-electron chi connectivity index (χ0n) is 19.5. The quantitative estimate of drug-likeness (QED) is 0.404. The predicted molar refractivity (Wildman–Crippen MR) is 130 cm³/mol. The second-order valence-corrected chi connectivity index (χ2v) is 9.84. The molecule has 1 amide bonds. The van der Waals surface area contributed by atoms with Gasteiger partial charge in [-0.1, -0.05) is 36.4 Å². The number of phenolic OH excluding ortho intramolecular Hbond substituents is 1. The minimum Gasteiger partial charge on any atom is -0.508 e. The topological polar surface area (TPSA) is 158 Å². The van der Waals surface area contributed by atoms with Gasteiger partial charge in [0.2, 0.25) is 5.78 Å². The highest BCUT2D eigenvalue weighted by atomic mass is 16.3. The van der Waals surface area contributed by atoms with E-state index in [0.717, 1.165) is 24.0 Å². The number of Topliss-reactive ketones (excluding diaryl/α,β-unsaturated/α-hetero) is 2. The van der Waals surface area contributed by atoms with Crippen molar-refractivity contribution >= 4 is 23.2 Å². The van der Waals surface area contributed by atoms with E-state index in [4.69, 9.17) is 5.73 Å². The molecular weight excluding hydrogens is 462 g/mol. The highest BCUT2D eigenvalue weighted by molar-refractivity contribution is 6.22. The number of amides is 1. The summed E-state index contributed by atoms with van der Waals surface area (Å²) in [5.41, 5.74) is 4.77. The maximum Gasteiger partial charge on any atom is 0.255 e. The Morgan fingerprint density at radius 1 is 1.00 bits per heavy atom. The van der Waals surface area contributed by atoms with E-state index in [0.29, 0.717) is 12.8 Å². The minimum absolute atomic E-state index is 0.122. The number of aliphatic hydroxyl groups is 3. The van der Waals surface area contributed by atoms with Gasteiger partial charge in [0.15, 0.2) is 11.4 Å². The standard InChI is InChI=1S/C28H27NO7/c29-27(35)23-20(31)13-17-11-16-12-18-15(8-4-7-14-5-2-1-3-6-14)9-10-19(30)22(18)24(32)21(16)25(33)28(17,36)26(23)34/h1-3,5-6,9-10,16-17,30,32,34,36H,4,7-8,11-13H2,(H2,29,35). The molecule has 0 aromatic heterocycles. The third-order valence-corrected chi connectivity index (χ3v) is 7.80. The molecule has 1 saturated carbocycles. The first-order chi connectivity index (χ1) is 17.1. The van der Waals surface area contributed by atoms with Crippen molar-refractivity contribution in [2.45, 2.75) is 44.1 Å². The summed E-state index contributed by atoms with van der Waals surface area (Å²) in [5, 5.41) is 43.7. The highest BCUT2D eigenvalue weighted by Gasteiger charge is 2.60. The van der Waals surface area contributed by atoms with Crippen LogP contribution in [0.5, 0.6) is 5.75 Å². The highest BCUT2D eigenvalue weighted by Crippen LogP contribution is 2.52. The lowest BCUT2D eigenvalue weighted by Crippen LogP contribution is -2.58. The lowest BCUT2D eigenvalue weighted by Gasteiger charge is -2.46. The number of benzene rings is 2. The number of fused-ring (bicyclic) bond motifs is 3. The molecule has 2 aromatic carbocycles. The second kappa shape index (κ2) is 8.64. The Morgan fingerprint density at radius 3 is 2.42 bits per heavy atom. The van der Waals surface area contributed by atoms with Gasteiger partial charge in [0, 0.05) is 17.9 Å². The van der Waals surface area contributed by atoms with Crippen molar-refractivity contribution in [2.75, 3.05) is 0 Å². The van der Waals surface area contributed by atoms with Crippen LogP contribution < -0.4 is 5.73 Å². The average molecular weight is 490 g/mol. The van der Waals surface area contributed by atoms with Crippen LogP contribution in [0.25, 0.3) is 5.76 Å². The Morgan fingerprint density at radius 2 is 1.72 bits per heavy atom. The second-order valence-electron chi connectivity index (χ2n) is 9.84. The number of rotatable bonds is 5. The van der Waals surface area contributed by atoms with Crippen molar-refractivity contribution in [1.29, 1.82) is 0 Å². The van der Waals surface area contributed by atoms with Crippen LogP contribution in [0.2, 0.25) is 0 Å². The third-order valence-electron chi connectivity index (χ3n) is 7.80. The van der Waals surface area contributed by atoms with Gasteiger partial charge >= 0.3 is 0 Å². The Labute approximate surface area is 207 Å². The molecule has 6 N–H and O–H groups in total. The number of carbonyl (C=O) groups excluding carboxylic acids is 3.